The summed E-state index contributed by atoms with van der Waals surface area (Å²) in [5, 5.41) is 56.4. The molecule has 46 heavy (non-hydrogen) atoms. The SMILES string of the molecule is C/C(=C\c1ccc(O[C@@H]2O[C@H](C3(C)CC(c4cccc(Cl)c4)SN3C)[C@@H](O)[C@@H]2O)cc1O)C(=O)Nc1c(O)cc2c(c1O)OCO2. The van der Waals surface area contributed by atoms with Crippen LogP contribution in [0.3, 0.4) is 0 Å². The first-order valence-corrected chi connectivity index (χ1v) is 15.6. The van der Waals surface area contributed by atoms with Crippen molar-refractivity contribution in [3.05, 3.63) is 70.3 Å². The molecule has 6 N–H and O–H groups in total. The molecule has 12 nitrogen and oxygen atoms in total. The number of aromatic hydroxyl groups is 3. The van der Waals surface area contributed by atoms with E-state index in [1.807, 2.05) is 42.5 Å². The van der Waals surface area contributed by atoms with Crippen molar-refractivity contribution in [2.45, 2.75) is 55.7 Å². The Morgan fingerprint density at radius 1 is 1.11 bits per heavy atom. The van der Waals surface area contributed by atoms with E-state index in [2.05, 4.69) is 5.32 Å². The minimum atomic E-state index is -1.36. The highest BCUT2D eigenvalue weighted by Crippen LogP contribution is 2.53. The zero-order chi connectivity index (χ0) is 32.9. The van der Waals surface area contributed by atoms with Gasteiger partial charge in [0.15, 0.2) is 11.5 Å². The Hall–Kier alpha value is -3.85. The van der Waals surface area contributed by atoms with Crippen LogP contribution < -0.4 is 19.5 Å². The van der Waals surface area contributed by atoms with Crippen LogP contribution in [0.4, 0.5) is 5.69 Å². The number of halogens is 1. The van der Waals surface area contributed by atoms with Gasteiger partial charge in [-0.3, -0.25) is 4.79 Å². The summed E-state index contributed by atoms with van der Waals surface area (Å²) in [6.07, 6.45) is -2.57. The molecular weight excluding hydrogens is 640 g/mol. The first kappa shape index (κ1) is 32.1. The molecule has 3 aromatic carbocycles. The predicted molar refractivity (Wildman–Crippen MR) is 170 cm³/mol. The summed E-state index contributed by atoms with van der Waals surface area (Å²) in [4.78, 5) is 12.8. The molecular formula is C32H33ClN2O10S. The Kier molecular flexibility index (Phi) is 8.65. The fourth-order valence-corrected chi connectivity index (χ4v) is 7.47. The number of hydrogen-bond acceptors (Lipinski definition) is 12. The third-order valence-corrected chi connectivity index (χ3v) is 10.2. The first-order chi connectivity index (χ1) is 21.9. The predicted octanol–water partition coefficient (Wildman–Crippen LogP) is 4.54. The van der Waals surface area contributed by atoms with Gasteiger partial charge < -0.3 is 49.8 Å². The van der Waals surface area contributed by atoms with Crippen molar-refractivity contribution in [2.24, 2.45) is 0 Å². The number of ether oxygens (including phenoxy) is 4. The Morgan fingerprint density at radius 3 is 2.63 bits per heavy atom. The van der Waals surface area contributed by atoms with Gasteiger partial charge in [0, 0.05) is 33.5 Å². The Bertz CT molecular complexity index is 1710. The van der Waals surface area contributed by atoms with Crippen molar-refractivity contribution in [1.29, 1.82) is 0 Å². The molecule has 0 saturated carbocycles. The van der Waals surface area contributed by atoms with Gasteiger partial charge in [-0.1, -0.05) is 35.7 Å². The van der Waals surface area contributed by atoms with Gasteiger partial charge in [0.25, 0.3) is 5.91 Å². The van der Waals surface area contributed by atoms with Crippen LogP contribution in [0.5, 0.6) is 34.5 Å². The van der Waals surface area contributed by atoms with E-state index in [9.17, 15) is 30.3 Å². The third kappa shape index (κ3) is 5.90. The molecule has 0 spiro atoms. The number of aliphatic hydroxyl groups excluding tert-OH is 2. The molecule has 0 bridgehead atoms. The lowest BCUT2D eigenvalue weighted by molar-refractivity contribution is -0.130. The maximum absolute atomic E-state index is 12.8. The second kappa shape index (κ2) is 12.4. The normalized spacial score (nSPS) is 27.6. The summed E-state index contributed by atoms with van der Waals surface area (Å²) in [6.45, 7) is 3.32. The Balaban J connectivity index is 1.12. The lowest BCUT2D eigenvalue weighted by Crippen LogP contribution is -2.52. The fraction of sp³-hybridized carbons (Fsp3) is 0.344. The fourth-order valence-electron chi connectivity index (χ4n) is 5.79. The second-order valence-electron chi connectivity index (χ2n) is 11.6. The number of fused-ring (bicyclic) bond motifs is 1. The standard InChI is InChI=1S/C32H33ClN2O10S/c1-15(30(41)34-24-21(37)12-22-28(25(24)38)43-14-42-22)9-16-7-8-19(11-20(16)36)44-31-27(40)26(39)29(45-31)32(2)13-23(46-35(32)3)17-5-4-6-18(33)10-17/h4-12,23,26-27,29,31,36-40H,13-14H2,1-3H3,(H,34,41)/b15-9+/t23?,26-,27-,29-,31+,32?/m0/s1. The number of phenols is 3. The van der Waals surface area contributed by atoms with Gasteiger partial charge >= 0.3 is 0 Å². The molecule has 0 aliphatic carbocycles. The lowest BCUT2D eigenvalue weighted by Gasteiger charge is -2.37. The van der Waals surface area contributed by atoms with Crippen LogP contribution in [0.1, 0.15) is 36.6 Å². The number of carbonyl (C=O) groups is 1. The van der Waals surface area contributed by atoms with Crippen LogP contribution in [0.2, 0.25) is 5.02 Å². The first-order valence-electron chi connectivity index (χ1n) is 14.4. The topological polar surface area (TPSA) is 170 Å². The summed E-state index contributed by atoms with van der Waals surface area (Å²) >= 11 is 7.82. The molecule has 3 aromatic rings. The molecule has 14 heteroatoms. The van der Waals surface area contributed by atoms with Crippen LogP contribution in [0.15, 0.2) is 54.1 Å². The molecule has 2 fully saturated rings. The highest BCUT2D eigenvalue weighted by Gasteiger charge is 2.57. The van der Waals surface area contributed by atoms with Crippen LogP contribution in [-0.4, -0.2) is 79.7 Å². The van der Waals surface area contributed by atoms with Crippen LogP contribution in [0, 0.1) is 0 Å². The summed E-state index contributed by atoms with van der Waals surface area (Å²) in [6, 6.07) is 13.2. The van der Waals surface area contributed by atoms with Crippen LogP contribution in [-0.2, 0) is 9.53 Å². The number of benzene rings is 3. The smallest absolute Gasteiger partial charge is 0.251 e. The van der Waals surface area contributed by atoms with E-state index < -0.39 is 47.5 Å². The number of hydrogen-bond donors (Lipinski definition) is 6. The summed E-state index contributed by atoms with van der Waals surface area (Å²) in [5.74, 6) is -1.46. The lowest BCUT2D eigenvalue weighted by atomic mass is 9.84. The van der Waals surface area contributed by atoms with Gasteiger partial charge in [0.1, 0.15) is 41.2 Å². The molecule has 3 aliphatic rings. The molecule has 244 valence electrons. The van der Waals surface area contributed by atoms with Gasteiger partial charge in [0.05, 0.1) is 5.54 Å². The number of amides is 1. The summed E-state index contributed by atoms with van der Waals surface area (Å²) in [7, 11) is 1.92. The van der Waals surface area contributed by atoms with E-state index in [0.29, 0.717) is 11.4 Å². The highest BCUT2D eigenvalue weighted by atomic mass is 35.5. The maximum Gasteiger partial charge on any atom is 0.251 e. The van der Waals surface area contributed by atoms with E-state index >= 15 is 0 Å². The number of carbonyl (C=O) groups excluding carboxylic acids is 1. The van der Waals surface area contributed by atoms with Crippen LogP contribution in [0.25, 0.3) is 6.08 Å². The molecule has 6 rings (SSSR count). The molecule has 2 unspecified atom stereocenters. The Labute approximate surface area is 273 Å². The number of aliphatic hydroxyl groups is 2. The molecule has 0 aromatic heterocycles. The van der Waals surface area contributed by atoms with Crippen molar-refractivity contribution in [3.63, 3.8) is 0 Å². The third-order valence-electron chi connectivity index (χ3n) is 8.50. The quantitative estimate of drug-likeness (QED) is 0.118. The Morgan fingerprint density at radius 2 is 1.89 bits per heavy atom. The van der Waals surface area contributed by atoms with Gasteiger partial charge in [-0.25, -0.2) is 4.31 Å². The average molecular weight is 673 g/mol. The van der Waals surface area contributed by atoms with E-state index in [-0.39, 0.29) is 51.9 Å². The molecule has 0 radical (unpaired) electrons. The summed E-state index contributed by atoms with van der Waals surface area (Å²) in [5.41, 5.74) is 0.564. The van der Waals surface area contributed by atoms with E-state index in [1.165, 1.54) is 37.3 Å². The monoisotopic (exact) mass is 672 g/mol. The van der Waals surface area contributed by atoms with Crippen molar-refractivity contribution in [1.82, 2.24) is 4.31 Å². The van der Waals surface area contributed by atoms with Crippen molar-refractivity contribution < 1.29 is 49.3 Å². The average Bonchev–Trinajstić information content (AvgIpc) is 3.69. The maximum atomic E-state index is 12.8. The second-order valence-corrected chi connectivity index (χ2v) is 13.4. The van der Waals surface area contributed by atoms with E-state index in [4.69, 9.17) is 30.5 Å². The molecule has 1 amide bonds. The van der Waals surface area contributed by atoms with Crippen molar-refractivity contribution in [2.75, 3.05) is 19.2 Å². The highest BCUT2D eigenvalue weighted by molar-refractivity contribution is 7.97. The zero-order valence-electron chi connectivity index (χ0n) is 25.0. The minimum Gasteiger partial charge on any atom is -0.507 e. The van der Waals surface area contributed by atoms with Gasteiger partial charge in [-0.15, -0.1) is 0 Å². The van der Waals surface area contributed by atoms with Gasteiger partial charge in [0.2, 0.25) is 18.8 Å². The number of nitrogens with one attached hydrogen (secondary N) is 1. The zero-order valence-corrected chi connectivity index (χ0v) is 26.6. The summed E-state index contributed by atoms with van der Waals surface area (Å²) < 4.78 is 24.3. The molecule has 3 aliphatic heterocycles. The molecule has 6 atom stereocenters. The number of nitrogens with zero attached hydrogens (tertiary/aromatic N) is 1. The molecule has 3 heterocycles. The van der Waals surface area contributed by atoms with Gasteiger partial charge in [-0.05, 0) is 63.2 Å². The van der Waals surface area contributed by atoms with E-state index in [0.717, 1.165) is 5.56 Å². The van der Waals surface area contributed by atoms with Gasteiger partial charge in [-0.2, -0.15) is 0 Å². The van der Waals surface area contributed by atoms with Crippen molar-refractivity contribution >= 4 is 41.2 Å². The van der Waals surface area contributed by atoms with Crippen LogP contribution >= 0.6 is 23.5 Å². The van der Waals surface area contributed by atoms with E-state index in [1.54, 1.807) is 11.9 Å². The van der Waals surface area contributed by atoms with Crippen molar-refractivity contribution in [3.8, 4) is 34.5 Å². The molecule has 2 saturated heterocycles. The number of rotatable bonds is 7. The number of phenolic OH excluding ortho intramolecular Hbond substituents is 3. The largest absolute Gasteiger partial charge is 0.507 e. The number of likely N-dealkylation sites (N-methyl/N-ethyl adjacent to an activating group) is 1. The number of anilines is 1. The minimum absolute atomic E-state index is 0.00293.